The third-order valence-corrected chi connectivity index (χ3v) is 3.85. The van der Waals surface area contributed by atoms with Gasteiger partial charge < -0.3 is 10.6 Å². The smallest absolute Gasteiger partial charge is 0.242 e. The van der Waals surface area contributed by atoms with Gasteiger partial charge in [0.05, 0.1) is 0 Å². The van der Waals surface area contributed by atoms with E-state index in [2.05, 4.69) is 48.4 Å². The summed E-state index contributed by atoms with van der Waals surface area (Å²) in [5, 5.41) is 5.51. The molecule has 2 N–H and O–H groups in total. The van der Waals surface area contributed by atoms with Crippen molar-refractivity contribution in [1.82, 2.24) is 10.6 Å². The van der Waals surface area contributed by atoms with E-state index in [1.54, 1.807) is 0 Å². The fraction of sp³-hybridized carbons (Fsp3) is 0.529. The first-order chi connectivity index (χ1) is 10.7. The summed E-state index contributed by atoms with van der Waals surface area (Å²) in [5.41, 5.74) is 2.42. The molecule has 0 spiro atoms. The van der Waals surface area contributed by atoms with E-state index in [9.17, 15) is 9.59 Å². The summed E-state index contributed by atoms with van der Waals surface area (Å²) in [6.45, 7) is 2.63. The molecule has 0 aliphatic rings. The van der Waals surface area contributed by atoms with Crippen molar-refractivity contribution in [3.05, 3.63) is 35.4 Å². The minimum Gasteiger partial charge on any atom is -0.354 e. The molecule has 0 aliphatic carbocycles. The van der Waals surface area contributed by atoms with Crippen LogP contribution in [0.5, 0.6) is 0 Å². The maximum Gasteiger partial charge on any atom is 0.242 e. The Hall–Kier alpha value is -1.49. The summed E-state index contributed by atoms with van der Waals surface area (Å²) < 4.78 is 0. The summed E-state index contributed by atoms with van der Waals surface area (Å²) in [5.74, 6) is 0.750. The first-order valence-electron chi connectivity index (χ1n) is 7.81. The molecule has 0 saturated heterocycles. The molecule has 4 nitrogen and oxygen atoms in total. The topological polar surface area (TPSA) is 58.2 Å². The molecule has 2 amide bonds. The highest BCUT2D eigenvalue weighted by Crippen LogP contribution is 2.06. The van der Waals surface area contributed by atoms with E-state index < -0.39 is 6.04 Å². The molecular weight excluding hydrogens is 296 g/mol. The van der Waals surface area contributed by atoms with E-state index in [4.69, 9.17) is 0 Å². The van der Waals surface area contributed by atoms with Gasteiger partial charge in [-0.15, -0.1) is 0 Å². The quantitative estimate of drug-likeness (QED) is 0.332. The standard InChI is InChI=1S/C17H26N2O2S/c1-14-6-5-7-15(12-14)9-10-18-17(21)16(19-13-20)8-3-2-4-11-22/h5-7,12-13,16,22H,2-4,8-11H2,1H3,(H,18,21)(H,19,20)/t16-/m0/s1. The van der Waals surface area contributed by atoms with Crippen LogP contribution in [-0.4, -0.2) is 30.7 Å². The third kappa shape index (κ3) is 7.50. The molecule has 1 aromatic rings. The van der Waals surface area contributed by atoms with Crippen molar-refractivity contribution < 1.29 is 9.59 Å². The van der Waals surface area contributed by atoms with Crippen molar-refractivity contribution in [1.29, 1.82) is 0 Å². The molecule has 122 valence electrons. The molecule has 0 unspecified atom stereocenters. The highest BCUT2D eigenvalue weighted by Gasteiger charge is 2.16. The highest BCUT2D eigenvalue weighted by atomic mass is 32.1. The summed E-state index contributed by atoms with van der Waals surface area (Å²) in [6.07, 6.45) is 5.04. The number of carbonyl (C=O) groups excluding carboxylic acids is 2. The Morgan fingerprint density at radius 2 is 2.14 bits per heavy atom. The Kier molecular flexibility index (Phi) is 9.39. The molecule has 0 aliphatic heterocycles. The molecule has 22 heavy (non-hydrogen) atoms. The number of aryl methyl sites for hydroxylation is 1. The van der Waals surface area contributed by atoms with Crippen LogP contribution in [-0.2, 0) is 16.0 Å². The second-order valence-corrected chi connectivity index (χ2v) is 5.89. The predicted molar refractivity (Wildman–Crippen MR) is 93.2 cm³/mol. The zero-order valence-corrected chi connectivity index (χ0v) is 14.1. The van der Waals surface area contributed by atoms with E-state index in [1.165, 1.54) is 11.1 Å². The van der Waals surface area contributed by atoms with Crippen molar-refractivity contribution in [2.45, 2.75) is 45.1 Å². The monoisotopic (exact) mass is 322 g/mol. The van der Waals surface area contributed by atoms with Crippen LogP contribution in [0.25, 0.3) is 0 Å². The van der Waals surface area contributed by atoms with Crippen LogP contribution in [0.3, 0.4) is 0 Å². The van der Waals surface area contributed by atoms with Crippen LogP contribution in [0.1, 0.15) is 36.8 Å². The van der Waals surface area contributed by atoms with Gasteiger partial charge in [-0.05, 0) is 37.5 Å². The molecule has 0 saturated carbocycles. The SMILES string of the molecule is Cc1cccc(CCNC(=O)[C@H](CCCCCS)NC=O)c1. The Morgan fingerprint density at radius 1 is 1.32 bits per heavy atom. The maximum atomic E-state index is 12.1. The molecule has 1 atom stereocenters. The van der Waals surface area contributed by atoms with Gasteiger partial charge in [0, 0.05) is 6.54 Å². The fourth-order valence-electron chi connectivity index (χ4n) is 2.33. The minimum atomic E-state index is -0.435. The Labute approximate surface area is 138 Å². The number of carbonyl (C=O) groups is 2. The lowest BCUT2D eigenvalue weighted by Crippen LogP contribution is -2.44. The normalized spacial score (nSPS) is 11.7. The molecule has 1 aromatic carbocycles. The van der Waals surface area contributed by atoms with Gasteiger partial charge in [0.25, 0.3) is 0 Å². The van der Waals surface area contributed by atoms with Gasteiger partial charge in [0.15, 0.2) is 0 Å². The van der Waals surface area contributed by atoms with Gasteiger partial charge in [-0.2, -0.15) is 12.6 Å². The lowest BCUT2D eigenvalue weighted by molar-refractivity contribution is -0.125. The molecule has 5 heteroatoms. The molecular formula is C17H26N2O2S. The first kappa shape index (κ1) is 18.6. The van der Waals surface area contributed by atoms with Crippen LogP contribution in [0.15, 0.2) is 24.3 Å². The van der Waals surface area contributed by atoms with E-state index in [0.717, 1.165) is 31.4 Å². The Morgan fingerprint density at radius 3 is 2.82 bits per heavy atom. The summed E-state index contributed by atoms with van der Waals surface area (Å²) in [7, 11) is 0. The molecule has 0 aromatic heterocycles. The van der Waals surface area contributed by atoms with Crippen molar-refractivity contribution in [3.8, 4) is 0 Å². The number of rotatable bonds is 11. The second-order valence-electron chi connectivity index (χ2n) is 5.44. The maximum absolute atomic E-state index is 12.1. The first-order valence-corrected chi connectivity index (χ1v) is 8.44. The van der Waals surface area contributed by atoms with Gasteiger partial charge in [0.1, 0.15) is 6.04 Å². The average Bonchev–Trinajstić information content (AvgIpc) is 2.50. The van der Waals surface area contributed by atoms with Gasteiger partial charge in [-0.1, -0.05) is 42.7 Å². The Bertz CT molecular complexity index is 466. The van der Waals surface area contributed by atoms with Gasteiger partial charge in [-0.3, -0.25) is 9.59 Å². The van der Waals surface area contributed by atoms with Crippen molar-refractivity contribution >= 4 is 24.9 Å². The van der Waals surface area contributed by atoms with Gasteiger partial charge in [0.2, 0.25) is 12.3 Å². The summed E-state index contributed by atoms with van der Waals surface area (Å²) in [6, 6.07) is 7.80. The largest absolute Gasteiger partial charge is 0.354 e. The number of hydrogen-bond donors (Lipinski definition) is 3. The number of benzene rings is 1. The van der Waals surface area contributed by atoms with Crippen LogP contribution in [0, 0.1) is 6.92 Å². The van der Waals surface area contributed by atoms with Gasteiger partial charge in [-0.25, -0.2) is 0 Å². The zero-order chi connectivity index (χ0) is 16.2. The average molecular weight is 322 g/mol. The Balaban J connectivity index is 2.34. The molecule has 1 rings (SSSR count). The number of hydrogen-bond acceptors (Lipinski definition) is 3. The van der Waals surface area contributed by atoms with E-state index in [-0.39, 0.29) is 5.91 Å². The van der Waals surface area contributed by atoms with Crippen LogP contribution in [0.2, 0.25) is 0 Å². The number of amides is 2. The lowest BCUT2D eigenvalue weighted by Gasteiger charge is -2.16. The van der Waals surface area contributed by atoms with Crippen LogP contribution in [0.4, 0.5) is 0 Å². The van der Waals surface area contributed by atoms with Gasteiger partial charge >= 0.3 is 0 Å². The molecule has 0 bridgehead atoms. The molecule has 0 fully saturated rings. The molecule has 0 heterocycles. The number of nitrogens with one attached hydrogen (secondary N) is 2. The van der Waals surface area contributed by atoms with Crippen LogP contribution >= 0.6 is 12.6 Å². The number of unbranched alkanes of at least 4 members (excludes halogenated alkanes) is 2. The second kappa shape index (κ2) is 11.1. The predicted octanol–water partition coefficient (Wildman–Crippen LogP) is 2.26. The minimum absolute atomic E-state index is 0.106. The van der Waals surface area contributed by atoms with Crippen molar-refractivity contribution in [2.75, 3.05) is 12.3 Å². The van der Waals surface area contributed by atoms with E-state index in [0.29, 0.717) is 19.4 Å². The lowest BCUT2D eigenvalue weighted by atomic mass is 10.1. The molecule has 0 radical (unpaired) electrons. The van der Waals surface area contributed by atoms with Crippen molar-refractivity contribution in [3.63, 3.8) is 0 Å². The summed E-state index contributed by atoms with van der Waals surface area (Å²) >= 11 is 4.16. The van der Waals surface area contributed by atoms with E-state index >= 15 is 0 Å². The van der Waals surface area contributed by atoms with Crippen molar-refractivity contribution in [2.24, 2.45) is 0 Å². The third-order valence-electron chi connectivity index (χ3n) is 3.53. The fourth-order valence-corrected chi connectivity index (χ4v) is 2.55. The van der Waals surface area contributed by atoms with E-state index in [1.807, 2.05) is 6.07 Å². The number of thiol groups is 1. The highest BCUT2D eigenvalue weighted by molar-refractivity contribution is 7.80. The zero-order valence-electron chi connectivity index (χ0n) is 13.2. The summed E-state index contributed by atoms with van der Waals surface area (Å²) in [4.78, 5) is 22.7. The van der Waals surface area contributed by atoms with Crippen LogP contribution < -0.4 is 10.6 Å².